The molecule has 3 rings (SSSR count). The fourth-order valence-corrected chi connectivity index (χ4v) is 3.83. The highest BCUT2D eigenvalue weighted by Crippen LogP contribution is 2.25. The first-order valence-electron chi connectivity index (χ1n) is 11.4. The van der Waals surface area contributed by atoms with Gasteiger partial charge in [-0.15, -0.1) is 0 Å². The Morgan fingerprint density at radius 3 is 2.34 bits per heavy atom. The summed E-state index contributed by atoms with van der Waals surface area (Å²) in [5, 5.41) is 3.38. The number of nitrogens with two attached hydrogens (primary N) is 1. The van der Waals surface area contributed by atoms with Gasteiger partial charge in [0.05, 0.1) is 11.0 Å². The molecule has 0 saturated carbocycles. The number of imidazole rings is 1. The summed E-state index contributed by atoms with van der Waals surface area (Å²) < 4.78 is 2.10. The smallest absolute Gasteiger partial charge is 0.253 e. The Bertz CT molecular complexity index is 1030. The molecule has 0 fully saturated rings. The highest BCUT2D eigenvalue weighted by atomic mass is 16.2. The molecule has 1 amide bonds. The van der Waals surface area contributed by atoms with Crippen molar-refractivity contribution in [1.29, 1.82) is 0 Å². The van der Waals surface area contributed by atoms with E-state index >= 15 is 0 Å². The Labute approximate surface area is 192 Å². The summed E-state index contributed by atoms with van der Waals surface area (Å²) >= 11 is 0. The summed E-state index contributed by atoms with van der Waals surface area (Å²) in [6.07, 6.45) is 0.812. The minimum Gasteiger partial charge on any atom is -0.338 e. The number of hydrogen-bond acceptors (Lipinski definition) is 4. The molecule has 3 N–H and O–H groups in total. The van der Waals surface area contributed by atoms with Gasteiger partial charge < -0.3 is 20.5 Å². The maximum atomic E-state index is 13.4. The third kappa shape index (κ3) is 5.91. The number of aromatic nitrogens is 2. The van der Waals surface area contributed by atoms with Gasteiger partial charge in [0.15, 0.2) is 0 Å². The number of aryl methyl sites for hydroxylation is 1. The first-order chi connectivity index (χ1) is 15.3. The van der Waals surface area contributed by atoms with Gasteiger partial charge >= 0.3 is 0 Å². The highest BCUT2D eigenvalue weighted by molar-refractivity contribution is 6.32. The number of carbonyl (C=O) groups is 1. The molecule has 0 bridgehead atoms. The lowest BCUT2D eigenvalue weighted by molar-refractivity contribution is 0.0715. The van der Waals surface area contributed by atoms with Crippen LogP contribution < -0.4 is 16.5 Å². The lowest BCUT2D eigenvalue weighted by Crippen LogP contribution is -2.37. The van der Waals surface area contributed by atoms with E-state index in [0.717, 1.165) is 42.2 Å². The molecule has 3 aromatic rings. The Morgan fingerprint density at radius 1 is 1.09 bits per heavy atom. The molecule has 0 aliphatic rings. The van der Waals surface area contributed by atoms with Crippen LogP contribution in [0.4, 0.5) is 11.6 Å². The van der Waals surface area contributed by atoms with Gasteiger partial charge in [0, 0.05) is 30.9 Å². The van der Waals surface area contributed by atoms with Gasteiger partial charge in [-0.2, -0.15) is 0 Å². The molecular formula is C25H34BN5O. The van der Waals surface area contributed by atoms with Crippen molar-refractivity contribution in [3.63, 3.8) is 0 Å². The standard InChI is InChI=1S/C25H34BN5O/c1-17(2)15-30(16-18(3)4)24(32)19-6-11-22-23(14-19)31(13-5-12-27)25(29-22)28-21-9-7-20(26)8-10-21/h6-11,14,17-18H,5,12-13,15-16,27H2,1-4H3,(H,28,29). The number of fused-ring (bicyclic) bond motifs is 1. The second-order valence-corrected chi connectivity index (χ2v) is 9.18. The van der Waals surface area contributed by atoms with Crippen LogP contribution in [0.15, 0.2) is 42.5 Å². The minimum absolute atomic E-state index is 0.0638. The molecule has 2 aromatic carbocycles. The van der Waals surface area contributed by atoms with E-state index in [1.807, 2.05) is 47.4 Å². The summed E-state index contributed by atoms with van der Waals surface area (Å²) in [4.78, 5) is 20.1. The zero-order valence-electron chi connectivity index (χ0n) is 19.6. The van der Waals surface area contributed by atoms with Crippen molar-refractivity contribution in [1.82, 2.24) is 14.5 Å². The zero-order chi connectivity index (χ0) is 23.3. The molecule has 1 heterocycles. The Hall–Kier alpha value is -2.80. The van der Waals surface area contributed by atoms with Gasteiger partial charge in [-0.3, -0.25) is 4.79 Å². The molecule has 0 atom stereocenters. The second-order valence-electron chi connectivity index (χ2n) is 9.18. The molecule has 0 saturated heterocycles. The maximum Gasteiger partial charge on any atom is 0.253 e. The maximum absolute atomic E-state index is 13.4. The third-order valence-corrected chi connectivity index (χ3v) is 5.21. The number of nitrogens with one attached hydrogen (secondary N) is 1. The monoisotopic (exact) mass is 431 g/mol. The normalized spacial score (nSPS) is 11.5. The first kappa shape index (κ1) is 23.9. The van der Waals surface area contributed by atoms with E-state index in [1.54, 1.807) is 0 Å². The predicted octanol–water partition coefficient (Wildman–Crippen LogP) is 3.68. The van der Waals surface area contributed by atoms with Crippen LogP contribution in [0.25, 0.3) is 11.0 Å². The Kier molecular flexibility index (Phi) is 7.97. The molecular weight excluding hydrogens is 397 g/mol. The second kappa shape index (κ2) is 10.7. The number of rotatable bonds is 10. The van der Waals surface area contributed by atoms with Crippen LogP contribution in [0.3, 0.4) is 0 Å². The first-order valence-corrected chi connectivity index (χ1v) is 11.4. The van der Waals surface area contributed by atoms with Crippen molar-refractivity contribution < 1.29 is 4.79 Å². The van der Waals surface area contributed by atoms with E-state index in [-0.39, 0.29) is 5.91 Å². The molecule has 0 spiro atoms. The van der Waals surface area contributed by atoms with Gasteiger partial charge in [0.25, 0.3) is 5.91 Å². The van der Waals surface area contributed by atoms with Crippen LogP contribution in [-0.2, 0) is 6.54 Å². The van der Waals surface area contributed by atoms with E-state index in [0.29, 0.717) is 36.0 Å². The quantitative estimate of drug-likeness (QED) is 0.481. The van der Waals surface area contributed by atoms with Crippen molar-refractivity contribution in [2.75, 3.05) is 25.0 Å². The molecule has 0 aliphatic carbocycles. The molecule has 0 unspecified atom stereocenters. The van der Waals surface area contributed by atoms with Gasteiger partial charge in [-0.25, -0.2) is 4.98 Å². The van der Waals surface area contributed by atoms with Crippen LogP contribution in [0, 0.1) is 11.8 Å². The van der Waals surface area contributed by atoms with Crippen molar-refractivity contribution >= 4 is 41.9 Å². The molecule has 6 nitrogen and oxygen atoms in total. The highest BCUT2D eigenvalue weighted by Gasteiger charge is 2.20. The summed E-state index contributed by atoms with van der Waals surface area (Å²) in [6, 6.07) is 13.3. The van der Waals surface area contributed by atoms with E-state index < -0.39 is 0 Å². The Morgan fingerprint density at radius 2 is 1.75 bits per heavy atom. The van der Waals surface area contributed by atoms with E-state index in [4.69, 9.17) is 18.6 Å². The molecule has 7 heteroatoms. The number of nitrogens with zero attached hydrogens (tertiary/aromatic N) is 3. The van der Waals surface area contributed by atoms with Crippen LogP contribution >= 0.6 is 0 Å². The summed E-state index contributed by atoms with van der Waals surface area (Å²) in [5.41, 5.74) is 9.86. The fraction of sp³-hybridized carbons (Fsp3) is 0.440. The van der Waals surface area contributed by atoms with E-state index in [9.17, 15) is 4.79 Å². The number of amides is 1. The van der Waals surface area contributed by atoms with E-state index in [1.165, 1.54) is 0 Å². The van der Waals surface area contributed by atoms with Crippen LogP contribution in [0.5, 0.6) is 0 Å². The minimum atomic E-state index is 0.0638. The lowest BCUT2D eigenvalue weighted by Gasteiger charge is -2.26. The molecule has 2 radical (unpaired) electrons. The topological polar surface area (TPSA) is 76.2 Å². The molecule has 1 aromatic heterocycles. The van der Waals surface area contributed by atoms with Gasteiger partial charge in [0.2, 0.25) is 5.95 Å². The summed E-state index contributed by atoms with van der Waals surface area (Å²) in [6.45, 7) is 11.3. The largest absolute Gasteiger partial charge is 0.338 e. The Balaban J connectivity index is 1.98. The number of anilines is 2. The van der Waals surface area contributed by atoms with Crippen molar-refractivity contribution in [3.05, 3.63) is 48.0 Å². The van der Waals surface area contributed by atoms with Crippen molar-refractivity contribution in [2.45, 2.75) is 40.7 Å². The number of carbonyl (C=O) groups excluding carboxylic acids is 1. The summed E-state index contributed by atoms with van der Waals surface area (Å²) in [7, 11) is 5.81. The predicted molar refractivity (Wildman–Crippen MR) is 134 cm³/mol. The number of hydrogen-bond donors (Lipinski definition) is 2. The van der Waals surface area contributed by atoms with Crippen molar-refractivity contribution in [3.8, 4) is 0 Å². The van der Waals surface area contributed by atoms with Gasteiger partial charge in [0.1, 0.15) is 7.85 Å². The summed E-state index contributed by atoms with van der Waals surface area (Å²) in [5.74, 6) is 1.61. The molecule has 0 aliphatic heterocycles. The third-order valence-electron chi connectivity index (χ3n) is 5.21. The van der Waals surface area contributed by atoms with Crippen LogP contribution in [-0.4, -0.2) is 47.8 Å². The van der Waals surface area contributed by atoms with Crippen molar-refractivity contribution in [2.24, 2.45) is 17.6 Å². The lowest BCUT2D eigenvalue weighted by atomic mass is 9.96. The van der Waals surface area contributed by atoms with Gasteiger partial charge in [-0.1, -0.05) is 45.3 Å². The average Bonchev–Trinajstić information content (AvgIpc) is 3.08. The van der Waals surface area contributed by atoms with Crippen LogP contribution in [0.1, 0.15) is 44.5 Å². The number of benzene rings is 2. The molecule has 168 valence electrons. The fourth-order valence-electron chi connectivity index (χ4n) is 3.83. The zero-order valence-corrected chi connectivity index (χ0v) is 19.6. The average molecular weight is 431 g/mol. The van der Waals surface area contributed by atoms with E-state index in [2.05, 4.69) is 37.6 Å². The molecule has 32 heavy (non-hydrogen) atoms. The van der Waals surface area contributed by atoms with Crippen LogP contribution in [0.2, 0.25) is 0 Å². The SMILES string of the molecule is [B]c1ccc(Nc2nc3ccc(C(=O)N(CC(C)C)CC(C)C)cc3n2CCCN)cc1. The van der Waals surface area contributed by atoms with Gasteiger partial charge in [-0.05, 0) is 55.1 Å².